The number of anilines is 1. The molecule has 0 atom stereocenters. The molecule has 0 unspecified atom stereocenters. The Kier molecular flexibility index (Phi) is 6.72. The van der Waals surface area contributed by atoms with Gasteiger partial charge in [0.1, 0.15) is 5.82 Å². The van der Waals surface area contributed by atoms with Gasteiger partial charge in [-0.05, 0) is 56.2 Å². The molecule has 0 saturated heterocycles. The zero-order valence-electron chi connectivity index (χ0n) is 16.6. The summed E-state index contributed by atoms with van der Waals surface area (Å²) >= 11 is 1.39. The molecule has 2 aromatic carbocycles. The van der Waals surface area contributed by atoms with Crippen LogP contribution in [0.15, 0.2) is 59.5 Å². The molecule has 1 heterocycles. The molecule has 7 heteroatoms. The van der Waals surface area contributed by atoms with E-state index in [4.69, 9.17) is 4.74 Å². The van der Waals surface area contributed by atoms with Crippen LogP contribution >= 0.6 is 11.8 Å². The maximum atomic E-state index is 12.2. The average Bonchev–Trinajstić information content (AvgIpc) is 3.08. The van der Waals surface area contributed by atoms with Crippen LogP contribution in [0.1, 0.15) is 16.8 Å². The third-order valence-electron chi connectivity index (χ3n) is 4.30. The van der Waals surface area contributed by atoms with Crippen molar-refractivity contribution in [3.05, 3.63) is 71.4 Å². The van der Waals surface area contributed by atoms with Gasteiger partial charge in [0.25, 0.3) is 5.91 Å². The summed E-state index contributed by atoms with van der Waals surface area (Å²) in [5.74, 6) is -0.168. The molecule has 150 valence electrons. The van der Waals surface area contributed by atoms with Crippen molar-refractivity contribution in [3.63, 3.8) is 0 Å². The monoisotopic (exact) mass is 409 g/mol. The van der Waals surface area contributed by atoms with Gasteiger partial charge in [0.15, 0.2) is 6.61 Å². The topological polar surface area (TPSA) is 73.2 Å². The fourth-order valence-corrected chi connectivity index (χ4v) is 3.46. The summed E-state index contributed by atoms with van der Waals surface area (Å²) in [6, 6.07) is 17.3. The van der Waals surface area contributed by atoms with Gasteiger partial charge in [0, 0.05) is 11.0 Å². The second-order valence-corrected chi connectivity index (χ2v) is 7.71. The number of aromatic nitrogens is 2. The van der Waals surface area contributed by atoms with Gasteiger partial charge in [-0.1, -0.05) is 24.3 Å². The minimum atomic E-state index is -0.434. The molecule has 0 aliphatic heterocycles. The van der Waals surface area contributed by atoms with E-state index in [1.54, 1.807) is 10.7 Å². The van der Waals surface area contributed by atoms with Crippen LogP contribution in [0.25, 0.3) is 5.69 Å². The number of esters is 1. The zero-order chi connectivity index (χ0) is 20.8. The first kappa shape index (κ1) is 20.7. The highest BCUT2D eigenvalue weighted by atomic mass is 32.2. The molecule has 1 N–H and O–H groups in total. The van der Waals surface area contributed by atoms with Gasteiger partial charge < -0.3 is 10.1 Å². The summed E-state index contributed by atoms with van der Waals surface area (Å²) in [7, 11) is 0. The van der Waals surface area contributed by atoms with E-state index < -0.39 is 11.9 Å². The Balaban J connectivity index is 1.51. The number of hydrogen-bond acceptors (Lipinski definition) is 5. The lowest BCUT2D eigenvalue weighted by Crippen LogP contribution is -2.23. The minimum Gasteiger partial charge on any atom is -0.455 e. The lowest BCUT2D eigenvalue weighted by Gasteiger charge is -2.09. The fourth-order valence-electron chi connectivity index (χ4n) is 2.67. The molecule has 1 aromatic heterocycles. The number of nitrogens with zero attached hydrogens (tertiary/aromatic N) is 2. The molecular weight excluding hydrogens is 386 g/mol. The summed E-state index contributed by atoms with van der Waals surface area (Å²) in [5, 5.41) is 7.15. The van der Waals surface area contributed by atoms with Crippen LogP contribution < -0.4 is 5.32 Å². The summed E-state index contributed by atoms with van der Waals surface area (Å²) in [6.07, 6.45) is 0. The summed E-state index contributed by atoms with van der Waals surface area (Å²) in [6.45, 7) is 5.58. The third kappa shape index (κ3) is 5.71. The molecule has 0 bridgehead atoms. The van der Waals surface area contributed by atoms with Gasteiger partial charge in [-0.15, -0.1) is 11.8 Å². The quantitative estimate of drug-likeness (QED) is 0.470. The van der Waals surface area contributed by atoms with Gasteiger partial charge in [0.05, 0.1) is 17.1 Å². The summed E-state index contributed by atoms with van der Waals surface area (Å²) in [5.41, 5.74) is 3.98. The SMILES string of the molecule is Cc1cc(NC(=O)COC(=O)CSc2ccc(C)c(C)c2)n(-c2ccccc2)n1. The normalized spacial score (nSPS) is 10.6. The Bertz CT molecular complexity index is 1020. The van der Waals surface area contributed by atoms with Crippen molar-refractivity contribution in [2.24, 2.45) is 0 Å². The first-order valence-electron chi connectivity index (χ1n) is 9.20. The van der Waals surface area contributed by atoms with Crippen LogP contribution in [0, 0.1) is 20.8 Å². The molecule has 0 saturated carbocycles. The Morgan fingerprint density at radius 2 is 1.79 bits per heavy atom. The first-order valence-corrected chi connectivity index (χ1v) is 10.2. The van der Waals surface area contributed by atoms with Crippen molar-refractivity contribution in [2.45, 2.75) is 25.7 Å². The van der Waals surface area contributed by atoms with Gasteiger partial charge >= 0.3 is 5.97 Å². The lowest BCUT2D eigenvalue weighted by atomic mass is 10.1. The van der Waals surface area contributed by atoms with Crippen molar-refractivity contribution >= 4 is 29.5 Å². The highest BCUT2D eigenvalue weighted by molar-refractivity contribution is 8.00. The van der Waals surface area contributed by atoms with Gasteiger partial charge in [-0.2, -0.15) is 5.10 Å². The number of carbonyl (C=O) groups is 2. The first-order chi connectivity index (χ1) is 13.9. The highest BCUT2D eigenvalue weighted by Gasteiger charge is 2.13. The minimum absolute atomic E-state index is 0.150. The maximum Gasteiger partial charge on any atom is 0.316 e. The zero-order valence-corrected chi connectivity index (χ0v) is 17.5. The van der Waals surface area contributed by atoms with Crippen molar-refractivity contribution in [2.75, 3.05) is 17.7 Å². The Labute approximate surface area is 174 Å². The van der Waals surface area contributed by atoms with Crippen LogP contribution in [0.2, 0.25) is 0 Å². The maximum absolute atomic E-state index is 12.2. The van der Waals surface area contributed by atoms with Gasteiger partial charge in [-0.3, -0.25) is 9.59 Å². The van der Waals surface area contributed by atoms with Crippen LogP contribution in [-0.2, 0) is 14.3 Å². The highest BCUT2D eigenvalue weighted by Crippen LogP contribution is 2.21. The molecule has 0 radical (unpaired) electrons. The molecule has 0 spiro atoms. The van der Waals surface area contributed by atoms with Crippen molar-refractivity contribution in [1.82, 2.24) is 9.78 Å². The van der Waals surface area contributed by atoms with Crippen molar-refractivity contribution < 1.29 is 14.3 Å². The van der Waals surface area contributed by atoms with E-state index in [-0.39, 0.29) is 12.4 Å². The van der Waals surface area contributed by atoms with E-state index in [0.717, 1.165) is 16.3 Å². The molecule has 0 fully saturated rings. The second kappa shape index (κ2) is 9.43. The third-order valence-corrected chi connectivity index (χ3v) is 5.27. The van der Waals surface area contributed by atoms with E-state index in [1.165, 1.54) is 22.9 Å². The number of hydrogen-bond donors (Lipinski definition) is 1. The molecule has 3 rings (SSSR count). The largest absolute Gasteiger partial charge is 0.455 e. The van der Waals surface area contributed by atoms with E-state index in [2.05, 4.69) is 10.4 Å². The number of rotatable bonds is 7. The summed E-state index contributed by atoms with van der Waals surface area (Å²) in [4.78, 5) is 25.2. The smallest absolute Gasteiger partial charge is 0.316 e. The van der Waals surface area contributed by atoms with Crippen LogP contribution in [0.5, 0.6) is 0 Å². The molecule has 6 nitrogen and oxygen atoms in total. The number of nitrogens with one attached hydrogen (secondary N) is 1. The van der Waals surface area contributed by atoms with Crippen LogP contribution in [0.3, 0.4) is 0 Å². The molecule has 29 heavy (non-hydrogen) atoms. The van der Waals surface area contributed by atoms with Crippen molar-refractivity contribution in [3.8, 4) is 5.69 Å². The van der Waals surface area contributed by atoms with Gasteiger partial charge in [0.2, 0.25) is 0 Å². The Morgan fingerprint density at radius 1 is 1.03 bits per heavy atom. The number of aryl methyl sites for hydroxylation is 3. The van der Waals surface area contributed by atoms with E-state index in [1.807, 2.05) is 69.3 Å². The molecular formula is C22H23N3O3S. The van der Waals surface area contributed by atoms with Crippen LogP contribution in [-0.4, -0.2) is 34.0 Å². The predicted octanol–water partition coefficient (Wildman–Crippen LogP) is 4.07. The predicted molar refractivity (Wildman–Crippen MR) is 115 cm³/mol. The van der Waals surface area contributed by atoms with E-state index in [0.29, 0.717) is 5.82 Å². The number of amides is 1. The number of benzene rings is 2. The van der Waals surface area contributed by atoms with E-state index >= 15 is 0 Å². The summed E-state index contributed by atoms with van der Waals surface area (Å²) < 4.78 is 6.75. The second-order valence-electron chi connectivity index (χ2n) is 6.66. The number of ether oxygens (including phenoxy) is 1. The van der Waals surface area contributed by atoms with E-state index in [9.17, 15) is 9.59 Å². The standard InChI is InChI=1S/C22H23N3O3S/c1-15-9-10-19(11-16(15)2)29-14-22(27)28-13-21(26)23-20-12-17(3)24-25(20)18-7-5-4-6-8-18/h4-12H,13-14H2,1-3H3,(H,23,26). The molecule has 3 aromatic rings. The molecule has 0 aliphatic rings. The van der Waals surface area contributed by atoms with Crippen molar-refractivity contribution in [1.29, 1.82) is 0 Å². The number of carbonyl (C=O) groups excluding carboxylic acids is 2. The van der Waals surface area contributed by atoms with Gasteiger partial charge in [-0.25, -0.2) is 4.68 Å². The number of thioether (sulfide) groups is 1. The fraction of sp³-hybridized carbons (Fsp3) is 0.227. The molecule has 0 aliphatic carbocycles. The lowest BCUT2D eigenvalue weighted by molar-refractivity contribution is -0.144. The Morgan fingerprint density at radius 3 is 2.52 bits per heavy atom. The molecule has 1 amide bonds. The van der Waals surface area contributed by atoms with Crippen LogP contribution in [0.4, 0.5) is 5.82 Å². The number of para-hydroxylation sites is 1. The average molecular weight is 410 g/mol. The Hall–Kier alpha value is -3.06.